The molecule has 3 rings (SSSR count). The highest BCUT2D eigenvalue weighted by Crippen LogP contribution is 2.24. The quantitative estimate of drug-likeness (QED) is 0.916. The minimum absolute atomic E-state index is 0.0338. The number of carboxylic acid groups (broad SMARTS) is 1. The van der Waals surface area contributed by atoms with Crippen molar-refractivity contribution in [3.63, 3.8) is 0 Å². The van der Waals surface area contributed by atoms with Gasteiger partial charge in [0.1, 0.15) is 11.9 Å². The number of benzene rings is 2. The molecule has 0 spiro atoms. The summed E-state index contributed by atoms with van der Waals surface area (Å²) in [6.07, 6.45) is -0.872. The van der Waals surface area contributed by atoms with Crippen LogP contribution in [0.2, 0.25) is 0 Å². The molecule has 0 bridgehead atoms. The van der Waals surface area contributed by atoms with Crippen molar-refractivity contribution < 1.29 is 14.3 Å². The van der Waals surface area contributed by atoms with Gasteiger partial charge >= 0.3 is 6.09 Å². The molecule has 1 aliphatic heterocycles. The van der Waals surface area contributed by atoms with E-state index in [4.69, 9.17) is 10.4 Å². The average Bonchev–Trinajstić information content (AvgIpc) is 2.62. The summed E-state index contributed by atoms with van der Waals surface area (Å²) in [6, 6.07) is 14.3. The maximum Gasteiger partial charge on any atom is 0.407 e. The first-order chi connectivity index (χ1) is 12.5. The van der Waals surface area contributed by atoms with Crippen LogP contribution in [-0.2, 0) is 6.54 Å². The van der Waals surface area contributed by atoms with Gasteiger partial charge < -0.3 is 10.0 Å². The summed E-state index contributed by atoms with van der Waals surface area (Å²) in [5.41, 5.74) is 2.86. The van der Waals surface area contributed by atoms with Gasteiger partial charge in [-0.2, -0.15) is 5.26 Å². The second-order valence-electron chi connectivity index (χ2n) is 6.57. The van der Waals surface area contributed by atoms with Crippen LogP contribution in [0, 0.1) is 17.1 Å². The monoisotopic (exact) mass is 353 g/mol. The molecule has 1 amide bonds. The number of nitrogens with zero attached hydrogens (tertiary/aromatic N) is 3. The first kappa shape index (κ1) is 17.9. The molecule has 0 aliphatic carbocycles. The van der Waals surface area contributed by atoms with Crippen LogP contribution in [0.15, 0.2) is 42.5 Å². The molecule has 1 aliphatic rings. The molecular weight excluding hydrogens is 333 g/mol. The SMILES string of the molecule is C[C@H]1CN(Cc2cccc(-c3ccc(F)c(C#N)c3)c2)CCN1C(=O)O. The number of amides is 1. The number of hydrogen-bond acceptors (Lipinski definition) is 3. The Hall–Kier alpha value is -2.91. The molecule has 1 N–H and O–H groups in total. The lowest BCUT2D eigenvalue weighted by atomic mass is 10.0. The molecule has 6 heteroatoms. The van der Waals surface area contributed by atoms with Gasteiger partial charge in [0.15, 0.2) is 0 Å². The third-order valence-electron chi connectivity index (χ3n) is 4.71. The zero-order chi connectivity index (χ0) is 18.7. The fraction of sp³-hybridized carbons (Fsp3) is 0.300. The molecule has 1 fully saturated rings. The van der Waals surface area contributed by atoms with E-state index in [9.17, 15) is 9.18 Å². The number of piperazine rings is 1. The second kappa shape index (κ2) is 7.54. The van der Waals surface area contributed by atoms with Crippen molar-refractivity contribution in [2.24, 2.45) is 0 Å². The fourth-order valence-electron chi connectivity index (χ4n) is 3.36. The standard InChI is InChI=1S/C20H20FN3O2/c1-14-12-23(7-8-24(14)20(25)26)13-15-3-2-4-16(9-15)17-5-6-19(21)18(10-17)11-22/h2-6,9-10,14H,7-8,12-13H2,1H3,(H,25,26)/t14-/m0/s1. The fourth-order valence-corrected chi connectivity index (χ4v) is 3.36. The minimum Gasteiger partial charge on any atom is -0.465 e. The first-order valence-electron chi connectivity index (χ1n) is 8.49. The lowest BCUT2D eigenvalue weighted by molar-refractivity contribution is 0.0711. The van der Waals surface area contributed by atoms with Crippen LogP contribution in [0.5, 0.6) is 0 Å². The summed E-state index contributed by atoms with van der Waals surface area (Å²) in [5, 5.41) is 18.2. The van der Waals surface area contributed by atoms with Crippen LogP contribution in [0.4, 0.5) is 9.18 Å². The molecular formula is C20H20FN3O2. The third-order valence-corrected chi connectivity index (χ3v) is 4.71. The molecule has 1 saturated heterocycles. The van der Waals surface area contributed by atoms with Crippen LogP contribution in [0.1, 0.15) is 18.1 Å². The zero-order valence-electron chi connectivity index (χ0n) is 14.5. The van der Waals surface area contributed by atoms with Crippen molar-refractivity contribution in [2.45, 2.75) is 19.5 Å². The van der Waals surface area contributed by atoms with E-state index in [0.29, 0.717) is 19.6 Å². The highest BCUT2D eigenvalue weighted by atomic mass is 19.1. The summed E-state index contributed by atoms with van der Waals surface area (Å²) >= 11 is 0. The number of hydrogen-bond donors (Lipinski definition) is 1. The first-order valence-corrected chi connectivity index (χ1v) is 8.49. The Bertz CT molecular complexity index is 862. The largest absolute Gasteiger partial charge is 0.465 e. The van der Waals surface area contributed by atoms with Crippen molar-refractivity contribution in [3.05, 3.63) is 59.4 Å². The van der Waals surface area contributed by atoms with E-state index in [2.05, 4.69) is 4.90 Å². The highest BCUT2D eigenvalue weighted by molar-refractivity contribution is 5.66. The Kier molecular flexibility index (Phi) is 5.19. The van der Waals surface area contributed by atoms with Crippen molar-refractivity contribution in [1.82, 2.24) is 9.80 Å². The van der Waals surface area contributed by atoms with E-state index in [1.54, 1.807) is 12.1 Å². The van der Waals surface area contributed by atoms with E-state index in [-0.39, 0.29) is 11.6 Å². The minimum atomic E-state index is -0.872. The number of carbonyl (C=O) groups is 1. The molecule has 0 saturated carbocycles. The van der Waals surface area contributed by atoms with E-state index in [1.807, 2.05) is 37.3 Å². The molecule has 0 aromatic heterocycles. The molecule has 26 heavy (non-hydrogen) atoms. The maximum absolute atomic E-state index is 13.5. The van der Waals surface area contributed by atoms with Gasteiger partial charge in [0.05, 0.1) is 5.56 Å². The Morgan fingerprint density at radius 1 is 1.27 bits per heavy atom. The van der Waals surface area contributed by atoms with Gasteiger partial charge in [-0.05, 0) is 41.8 Å². The Labute approximate surface area is 151 Å². The van der Waals surface area contributed by atoms with E-state index >= 15 is 0 Å². The highest BCUT2D eigenvalue weighted by Gasteiger charge is 2.26. The van der Waals surface area contributed by atoms with Gasteiger partial charge in [0.2, 0.25) is 0 Å². The van der Waals surface area contributed by atoms with E-state index < -0.39 is 11.9 Å². The van der Waals surface area contributed by atoms with Crippen LogP contribution in [-0.4, -0.2) is 46.7 Å². The predicted molar refractivity (Wildman–Crippen MR) is 96.0 cm³/mol. The van der Waals surface area contributed by atoms with Gasteiger partial charge in [-0.15, -0.1) is 0 Å². The topological polar surface area (TPSA) is 67.6 Å². The molecule has 2 aromatic rings. The van der Waals surface area contributed by atoms with Gasteiger partial charge in [-0.3, -0.25) is 4.90 Å². The maximum atomic E-state index is 13.5. The zero-order valence-corrected chi connectivity index (χ0v) is 14.5. The number of nitriles is 1. The average molecular weight is 353 g/mol. The summed E-state index contributed by atoms with van der Waals surface area (Å²) in [5.74, 6) is -0.516. The Morgan fingerprint density at radius 3 is 2.73 bits per heavy atom. The van der Waals surface area contributed by atoms with Crippen molar-refractivity contribution in [3.8, 4) is 17.2 Å². The molecule has 0 radical (unpaired) electrons. The van der Waals surface area contributed by atoms with Crippen LogP contribution in [0.25, 0.3) is 11.1 Å². The summed E-state index contributed by atoms with van der Waals surface area (Å²) in [4.78, 5) is 14.9. The third kappa shape index (κ3) is 3.84. The smallest absolute Gasteiger partial charge is 0.407 e. The number of rotatable bonds is 3. The van der Waals surface area contributed by atoms with Crippen molar-refractivity contribution in [2.75, 3.05) is 19.6 Å². The second-order valence-corrected chi connectivity index (χ2v) is 6.57. The predicted octanol–water partition coefficient (Wildman–Crippen LogP) is 3.55. The van der Waals surface area contributed by atoms with Gasteiger partial charge in [-0.25, -0.2) is 9.18 Å². The van der Waals surface area contributed by atoms with E-state index in [1.165, 1.54) is 11.0 Å². The molecule has 1 heterocycles. The van der Waals surface area contributed by atoms with Crippen LogP contribution in [0.3, 0.4) is 0 Å². The van der Waals surface area contributed by atoms with Gasteiger partial charge in [-0.1, -0.05) is 24.3 Å². The van der Waals surface area contributed by atoms with Gasteiger partial charge in [0, 0.05) is 32.2 Å². The molecule has 0 unspecified atom stereocenters. The molecule has 5 nitrogen and oxygen atoms in total. The Balaban J connectivity index is 1.74. The van der Waals surface area contributed by atoms with Crippen LogP contribution < -0.4 is 0 Å². The van der Waals surface area contributed by atoms with Gasteiger partial charge in [0.25, 0.3) is 0 Å². The van der Waals surface area contributed by atoms with Crippen molar-refractivity contribution >= 4 is 6.09 Å². The summed E-state index contributed by atoms with van der Waals surface area (Å²) in [6.45, 7) is 4.51. The number of halogens is 1. The molecule has 2 aromatic carbocycles. The molecule has 134 valence electrons. The Morgan fingerprint density at radius 2 is 2.04 bits per heavy atom. The normalized spacial score (nSPS) is 17.7. The summed E-state index contributed by atoms with van der Waals surface area (Å²) in [7, 11) is 0. The van der Waals surface area contributed by atoms with E-state index in [0.717, 1.165) is 23.2 Å². The molecule has 1 atom stereocenters. The lowest BCUT2D eigenvalue weighted by Crippen LogP contribution is -2.53. The summed E-state index contributed by atoms with van der Waals surface area (Å²) < 4.78 is 13.5. The van der Waals surface area contributed by atoms with Crippen molar-refractivity contribution in [1.29, 1.82) is 5.26 Å². The lowest BCUT2D eigenvalue weighted by Gasteiger charge is -2.38. The van der Waals surface area contributed by atoms with Crippen LogP contribution >= 0.6 is 0 Å².